The largest absolute Gasteiger partial charge is 0.573 e. The Bertz CT molecular complexity index is 549. The zero-order valence-corrected chi connectivity index (χ0v) is 15.0. The zero-order chi connectivity index (χ0) is 17.6. The molecule has 142 valence electrons. The van der Waals surface area contributed by atoms with Crippen LogP contribution in [0, 0.1) is 5.92 Å². The van der Waals surface area contributed by atoms with Crippen LogP contribution in [-0.4, -0.2) is 37.3 Å². The number of nitrogens with zero attached hydrogens (tertiary/aromatic N) is 1. The molecule has 4 nitrogen and oxygen atoms in total. The molecule has 1 aliphatic heterocycles. The van der Waals surface area contributed by atoms with Crippen molar-refractivity contribution < 1.29 is 22.7 Å². The third-order valence-electron chi connectivity index (χ3n) is 4.20. The lowest BCUT2D eigenvalue weighted by Crippen LogP contribution is -2.30. The first kappa shape index (κ1) is 21.6. The fraction of sp³-hybridized carbons (Fsp3) is 0.588. The Hall–Kier alpha value is -1.47. The van der Waals surface area contributed by atoms with Gasteiger partial charge < -0.3 is 15.0 Å². The smallest absolute Gasteiger partial charge is 0.406 e. The van der Waals surface area contributed by atoms with Gasteiger partial charge in [0, 0.05) is 20.0 Å². The van der Waals surface area contributed by atoms with E-state index in [2.05, 4.69) is 10.1 Å². The number of piperidine rings is 1. The summed E-state index contributed by atoms with van der Waals surface area (Å²) in [7, 11) is 1.67. The summed E-state index contributed by atoms with van der Waals surface area (Å²) in [5.74, 6) is 0.318. The molecule has 1 aromatic rings. The van der Waals surface area contributed by atoms with Crippen LogP contribution in [-0.2, 0) is 11.3 Å². The molecule has 25 heavy (non-hydrogen) atoms. The van der Waals surface area contributed by atoms with Crippen LogP contribution in [0.5, 0.6) is 5.75 Å². The van der Waals surface area contributed by atoms with E-state index in [1.165, 1.54) is 18.2 Å². The lowest BCUT2D eigenvalue weighted by molar-refractivity contribution is -0.274. The number of rotatable bonds is 6. The first-order valence-electron chi connectivity index (χ1n) is 8.13. The molecule has 1 heterocycles. The van der Waals surface area contributed by atoms with Gasteiger partial charge in [0.25, 0.3) is 0 Å². The van der Waals surface area contributed by atoms with Gasteiger partial charge in [0.15, 0.2) is 0 Å². The maximum absolute atomic E-state index is 12.2. The minimum atomic E-state index is -4.71. The van der Waals surface area contributed by atoms with Crippen molar-refractivity contribution in [3.63, 3.8) is 0 Å². The molecule has 1 saturated heterocycles. The standard InChI is InChI=1S/C17H23F3N2O2.ClH/c1-22(16(23)6-5-13-7-9-21-10-8-13)12-14-3-2-4-15(11-14)24-17(18,19)20;/h2-4,11,13,21H,5-10,12H2,1H3;1H. The number of hydrogen-bond donors (Lipinski definition) is 1. The van der Waals surface area contributed by atoms with Gasteiger partial charge in [-0.1, -0.05) is 12.1 Å². The average molecular weight is 381 g/mol. The average Bonchev–Trinajstić information content (AvgIpc) is 2.52. The van der Waals surface area contributed by atoms with E-state index in [9.17, 15) is 18.0 Å². The van der Waals surface area contributed by atoms with Crippen molar-refractivity contribution in [1.82, 2.24) is 10.2 Å². The Morgan fingerprint density at radius 2 is 2.00 bits per heavy atom. The van der Waals surface area contributed by atoms with Gasteiger partial charge in [0.2, 0.25) is 5.91 Å². The minimum absolute atomic E-state index is 0. The predicted molar refractivity (Wildman–Crippen MR) is 91.7 cm³/mol. The summed E-state index contributed by atoms with van der Waals surface area (Å²) in [4.78, 5) is 13.8. The molecular formula is C17H24ClF3N2O2. The van der Waals surface area contributed by atoms with Crippen molar-refractivity contribution in [1.29, 1.82) is 0 Å². The van der Waals surface area contributed by atoms with Crippen molar-refractivity contribution >= 4 is 18.3 Å². The van der Waals surface area contributed by atoms with Crippen molar-refractivity contribution in [2.45, 2.75) is 38.6 Å². The molecule has 1 aromatic carbocycles. The Labute approximate surface area is 152 Å². The highest BCUT2D eigenvalue weighted by Gasteiger charge is 2.31. The molecular weight excluding hydrogens is 357 g/mol. The maximum atomic E-state index is 12.2. The summed E-state index contributed by atoms with van der Waals surface area (Å²) in [6, 6.07) is 5.73. The Kier molecular flexibility index (Phi) is 8.52. The van der Waals surface area contributed by atoms with Gasteiger partial charge in [-0.3, -0.25) is 4.79 Å². The van der Waals surface area contributed by atoms with E-state index < -0.39 is 6.36 Å². The molecule has 1 aliphatic rings. The number of benzene rings is 1. The predicted octanol–water partition coefficient (Wildman–Crippen LogP) is 3.75. The molecule has 0 aliphatic carbocycles. The van der Waals surface area contributed by atoms with E-state index >= 15 is 0 Å². The zero-order valence-electron chi connectivity index (χ0n) is 14.1. The Balaban J connectivity index is 0.00000312. The van der Waals surface area contributed by atoms with Gasteiger partial charge >= 0.3 is 6.36 Å². The molecule has 8 heteroatoms. The summed E-state index contributed by atoms with van der Waals surface area (Å²) in [6.45, 7) is 2.27. The van der Waals surface area contributed by atoms with Gasteiger partial charge in [-0.15, -0.1) is 25.6 Å². The van der Waals surface area contributed by atoms with Crippen LogP contribution in [0.2, 0.25) is 0 Å². The highest BCUT2D eigenvalue weighted by Crippen LogP contribution is 2.24. The number of halogens is 4. The van der Waals surface area contributed by atoms with Crippen LogP contribution < -0.4 is 10.1 Å². The van der Waals surface area contributed by atoms with E-state index in [0.29, 0.717) is 17.9 Å². The van der Waals surface area contributed by atoms with Gasteiger partial charge in [-0.25, -0.2) is 0 Å². The van der Waals surface area contributed by atoms with Gasteiger partial charge in [0.05, 0.1) is 0 Å². The number of hydrogen-bond acceptors (Lipinski definition) is 3. The quantitative estimate of drug-likeness (QED) is 0.817. The monoisotopic (exact) mass is 380 g/mol. The summed E-state index contributed by atoms with van der Waals surface area (Å²) in [5, 5.41) is 3.29. The number of alkyl halides is 3. The molecule has 0 saturated carbocycles. The van der Waals surface area contributed by atoms with Crippen LogP contribution in [0.25, 0.3) is 0 Å². The third-order valence-corrected chi connectivity index (χ3v) is 4.20. The van der Waals surface area contributed by atoms with Crippen molar-refractivity contribution in [3.05, 3.63) is 29.8 Å². The van der Waals surface area contributed by atoms with E-state index in [1.807, 2.05) is 0 Å². The Morgan fingerprint density at radius 3 is 2.64 bits per heavy atom. The SMILES string of the molecule is CN(Cc1cccc(OC(F)(F)F)c1)C(=O)CCC1CCNCC1.Cl. The van der Waals surface area contributed by atoms with Crippen molar-refractivity contribution in [2.75, 3.05) is 20.1 Å². The van der Waals surface area contributed by atoms with E-state index in [0.717, 1.165) is 32.4 Å². The van der Waals surface area contributed by atoms with Crippen LogP contribution in [0.4, 0.5) is 13.2 Å². The highest BCUT2D eigenvalue weighted by atomic mass is 35.5. The van der Waals surface area contributed by atoms with Gasteiger partial charge in [-0.2, -0.15) is 0 Å². The fourth-order valence-corrected chi connectivity index (χ4v) is 2.89. The second-order valence-corrected chi connectivity index (χ2v) is 6.18. The van der Waals surface area contributed by atoms with E-state index in [4.69, 9.17) is 0 Å². The van der Waals surface area contributed by atoms with Crippen molar-refractivity contribution in [3.8, 4) is 5.75 Å². The van der Waals surface area contributed by atoms with E-state index in [1.54, 1.807) is 18.0 Å². The first-order valence-corrected chi connectivity index (χ1v) is 8.13. The van der Waals surface area contributed by atoms with Crippen LogP contribution >= 0.6 is 12.4 Å². The number of ether oxygens (including phenoxy) is 1. The summed E-state index contributed by atoms with van der Waals surface area (Å²) < 4.78 is 40.7. The normalized spacial score (nSPS) is 15.4. The second kappa shape index (κ2) is 9.87. The minimum Gasteiger partial charge on any atom is -0.406 e. The Morgan fingerprint density at radius 1 is 1.32 bits per heavy atom. The molecule has 1 amide bonds. The molecule has 0 bridgehead atoms. The molecule has 1 fully saturated rings. The maximum Gasteiger partial charge on any atom is 0.573 e. The summed E-state index contributed by atoms with van der Waals surface area (Å²) >= 11 is 0. The highest BCUT2D eigenvalue weighted by molar-refractivity contribution is 5.85. The summed E-state index contributed by atoms with van der Waals surface area (Å²) in [5.41, 5.74) is 0.606. The molecule has 0 radical (unpaired) electrons. The van der Waals surface area contributed by atoms with E-state index in [-0.39, 0.29) is 30.6 Å². The van der Waals surface area contributed by atoms with Crippen LogP contribution in [0.3, 0.4) is 0 Å². The van der Waals surface area contributed by atoms with Gasteiger partial charge in [0.1, 0.15) is 5.75 Å². The first-order chi connectivity index (χ1) is 11.3. The number of carbonyl (C=O) groups excluding carboxylic acids is 1. The topological polar surface area (TPSA) is 41.6 Å². The number of nitrogens with one attached hydrogen (secondary N) is 1. The number of carbonyl (C=O) groups is 1. The van der Waals surface area contributed by atoms with Crippen LogP contribution in [0.1, 0.15) is 31.2 Å². The van der Waals surface area contributed by atoms with Gasteiger partial charge in [-0.05, 0) is 56.0 Å². The molecule has 0 spiro atoms. The second-order valence-electron chi connectivity index (χ2n) is 6.18. The summed E-state index contributed by atoms with van der Waals surface area (Å²) in [6.07, 6.45) is -1.20. The number of amides is 1. The molecule has 0 atom stereocenters. The molecule has 0 aromatic heterocycles. The molecule has 0 unspecified atom stereocenters. The molecule has 1 N–H and O–H groups in total. The lowest BCUT2D eigenvalue weighted by atomic mass is 9.93. The van der Waals surface area contributed by atoms with Crippen LogP contribution in [0.15, 0.2) is 24.3 Å². The third kappa shape index (κ3) is 7.96. The van der Waals surface area contributed by atoms with Crippen molar-refractivity contribution in [2.24, 2.45) is 5.92 Å². The molecule has 2 rings (SSSR count). The lowest BCUT2D eigenvalue weighted by Gasteiger charge is -2.23. The fourth-order valence-electron chi connectivity index (χ4n) is 2.89.